The van der Waals surface area contributed by atoms with E-state index in [4.69, 9.17) is 11.6 Å². The maximum atomic E-state index is 12.4. The Morgan fingerprint density at radius 1 is 1.38 bits per heavy atom. The first-order valence-electron chi connectivity index (χ1n) is 3.78. The first-order valence-corrected chi connectivity index (χ1v) is 4.15. The Kier molecular flexibility index (Phi) is 3.47. The summed E-state index contributed by atoms with van der Waals surface area (Å²) in [6.07, 6.45) is -8.21. The second-order valence-electron chi connectivity index (χ2n) is 2.70. The molecule has 0 aliphatic carbocycles. The third kappa shape index (κ3) is 2.29. The van der Waals surface area contributed by atoms with Crippen LogP contribution < -0.4 is 0 Å². The van der Waals surface area contributed by atoms with Crippen LogP contribution in [0.1, 0.15) is 28.0 Å². The van der Waals surface area contributed by atoms with E-state index in [0.717, 1.165) is 0 Å². The zero-order valence-corrected chi connectivity index (χ0v) is 8.11. The second kappa shape index (κ2) is 4.32. The van der Waals surface area contributed by atoms with Gasteiger partial charge in [-0.3, -0.25) is 9.78 Å². The molecule has 88 valence electrons. The van der Waals surface area contributed by atoms with Crippen LogP contribution in [0, 0.1) is 0 Å². The van der Waals surface area contributed by atoms with Crippen molar-refractivity contribution >= 4 is 17.9 Å². The van der Waals surface area contributed by atoms with E-state index < -0.39 is 34.4 Å². The molecule has 1 aromatic heterocycles. The Hall–Kier alpha value is -1.24. The number of hydrogen-bond acceptors (Lipinski definition) is 2. The Morgan fingerprint density at radius 2 is 1.94 bits per heavy atom. The van der Waals surface area contributed by atoms with Gasteiger partial charge in [-0.2, -0.15) is 13.2 Å². The molecule has 16 heavy (non-hydrogen) atoms. The normalized spacial score (nSPS) is 11.9. The van der Waals surface area contributed by atoms with Crippen LogP contribution in [0.25, 0.3) is 0 Å². The molecule has 0 aromatic carbocycles. The van der Waals surface area contributed by atoms with E-state index >= 15 is 0 Å². The van der Waals surface area contributed by atoms with Gasteiger partial charge in [-0.15, -0.1) is 0 Å². The molecule has 0 saturated heterocycles. The summed E-state index contributed by atoms with van der Waals surface area (Å²) in [5, 5.41) is -0.964. The smallest absolute Gasteiger partial charge is 0.296 e. The van der Waals surface area contributed by atoms with Gasteiger partial charge in [0.2, 0.25) is 0 Å². The molecule has 0 amide bonds. The van der Waals surface area contributed by atoms with Gasteiger partial charge in [-0.25, -0.2) is 8.78 Å². The zero-order valence-electron chi connectivity index (χ0n) is 7.36. The first-order chi connectivity index (χ1) is 7.29. The number of aromatic nitrogens is 1. The van der Waals surface area contributed by atoms with Crippen molar-refractivity contribution in [3.8, 4) is 0 Å². The second-order valence-corrected chi connectivity index (χ2v) is 3.10. The number of aldehydes is 1. The summed E-state index contributed by atoms with van der Waals surface area (Å²) < 4.78 is 62.1. The van der Waals surface area contributed by atoms with Crippen LogP contribution in [0.2, 0.25) is 5.02 Å². The van der Waals surface area contributed by atoms with Crippen LogP contribution in [0.3, 0.4) is 0 Å². The fraction of sp³-hybridized carbons (Fsp3) is 0.250. The fourth-order valence-corrected chi connectivity index (χ4v) is 1.38. The molecule has 0 unspecified atom stereocenters. The van der Waals surface area contributed by atoms with Crippen LogP contribution in [0.15, 0.2) is 6.20 Å². The van der Waals surface area contributed by atoms with E-state index in [1.54, 1.807) is 0 Å². The summed E-state index contributed by atoms with van der Waals surface area (Å²) in [6.45, 7) is 0. The Labute approximate surface area is 91.0 Å². The van der Waals surface area contributed by atoms with Crippen LogP contribution in [0.5, 0.6) is 0 Å². The van der Waals surface area contributed by atoms with E-state index in [-0.39, 0.29) is 6.29 Å². The van der Waals surface area contributed by atoms with Gasteiger partial charge in [0.25, 0.3) is 6.43 Å². The average molecular weight is 260 g/mol. The van der Waals surface area contributed by atoms with Crippen molar-refractivity contribution in [2.24, 2.45) is 0 Å². The summed E-state index contributed by atoms with van der Waals surface area (Å²) in [4.78, 5) is 13.4. The summed E-state index contributed by atoms with van der Waals surface area (Å²) in [5.41, 5.74) is -4.18. The Balaban J connectivity index is 3.61. The molecule has 0 atom stereocenters. The maximum Gasteiger partial charge on any atom is 0.418 e. The maximum absolute atomic E-state index is 12.4. The number of alkyl halides is 5. The lowest BCUT2D eigenvalue weighted by Crippen LogP contribution is -2.14. The van der Waals surface area contributed by atoms with Crippen molar-refractivity contribution in [3.05, 3.63) is 28.0 Å². The molecule has 0 bridgehead atoms. The zero-order chi connectivity index (χ0) is 12.5. The van der Waals surface area contributed by atoms with Gasteiger partial charge in [0, 0.05) is 6.20 Å². The molecule has 0 fully saturated rings. The van der Waals surface area contributed by atoms with Crippen LogP contribution in [0.4, 0.5) is 22.0 Å². The summed E-state index contributed by atoms with van der Waals surface area (Å²) in [5.74, 6) is 0. The van der Waals surface area contributed by atoms with Crippen LogP contribution in [-0.4, -0.2) is 11.3 Å². The lowest BCUT2D eigenvalue weighted by atomic mass is 10.1. The number of pyridine rings is 1. The molecule has 0 aliphatic heterocycles. The molecule has 0 radical (unpaired) electrons. The van der Waals surface area contributed by atoms with Crippen molar-refractivity contribution in [2.75, 3.05) is 0 Å². The van der Waals surface area contributed by atoms with Gasteiger partial charge in [-0.05, 0) is 0 Å². The van der Waals surface area contributed by atoms with Crippen molar-refractivity contribution in [2.45, 2.75) is 12.6 Å². The van der Waals surface area contributed by atoms with Gasteiger partial charge < -0.3 is 0 Å². The molecule has 0 aliphatic rings. The van der Waals surface area contributed by atoms with Crippen molar-refractivity contribution < 1.29 is 26.7 Å². The average Bonchev–Trinajstić information content (AvgIpc) is 2.15. The monoisotopic (exact) mass is 259 g/mol. The minimum absolute atomic E-state index is 0.174. The third-order valence-corrected chi connectivity index (χ3v) is 2.00. The summed E-state index contributed by atoms with van der Waals surface area (Å²) in [7, 11) is 0. The molecule has 1 aromatic rings. The van der Waals surface area contributed by atoms with Crippen LogP contribution in [-0.2, 0) is 6.18 Å². The molecule has 0 saturated carbocycles. The van der Waals surface area contributed by atoms with Crippen molar-refractivity contribution in [3.63, 3.8) is 0 Å². The standard InChI is InChI=1S/C8H3ClF5NO/c9-3-1-15-4(2-16)5(7(10)11)6(3)8(12,13)14/h1-2,7H. The van der Waals surface area contributed by atoms with Gasteiger partial charge >= 0.3 is 6.18 Å². The molecular formula is C8H3ClF5NO. The number of carbonyl (C=O) groups excluding carboxylic acids is 1. The van der Waals surface area contributed by atoms with Gasteiger partial charge in [0.05, 0.1) is 16.1 Å². The highest BCUT2D eigenvalue weighted by atomic mass is 35.5. The van der Waals surface area contributed by atoms with Crippen molar-refractivity contribution in [1.29, 1.82) is 0 Å². The molecule has 0 N–H and O–H groups in total. The SMILES string of the molecule is O=Cc1ncc(Cl)c(C(F)(F)F)c1C(F)F. The van der Waals surface area contributed by atoms with E-state index in [2.05, 4.69) is 4.98 Å². The van der Waals surface area contributed by atoms with E-state index in [1.807, 2.05) is 0 Å². The van der Waals surface area contributed by atoms with E-state index in [9.17, 15) is 26.7 Å². The van der Waals surface area contributed by atoms with Gasteiger partial charge in [-0.1, -0.05) is 11.6 Å². The molecule has 1 heterocycles. The lowest BCUT2D eigenvalue weighted by molar-refractivity contribution is -0.139. The minimum atomic E-state index is -5.07. The third-order valence-electron chi connectivity index (χ3n) is 1.71. The van der Waals surface area contributed by atoms with Gasteiger partial charge in [0.15, 0.2) is 6.29 Å². The number of nitrogens with zero attached hydrogens (tertiary/aromatic N) is 1. The van der Waals surface area contributed by atoms with Crippen LogP contribution >= 0.6 is 11.6 Å². The largest absolute Gasteiger partial charge is 0.418 e. The summed E-state index contributed by atoms with van der Waals surface area (Å²) in [6, 6.07) is 0. The highest BCUT2D eigenvalue weighted by molar-refractivity contribution is 6.31. The lowest BCUT2D eigenvalue weighted by Gasteiger charge is -2.14. The molecule has 2 nitrogen and oxygen atoms in total. The predicted molar refractivity (Wildman–Crippen MR) is 44.6 cm³/mol. The number of rotatable bonds is 2. The molecule has 0 spiro atoms. The van der Waals surface area contributed by atoms with Gasteiger partial charge in [0.1, 0.15) is 5.69 Å². The van der Waals surface area contributed by atoms with E-state index in [0.29, 0.717) is 6.20 Å². The minimum Gasteiger partial charge on any atom is -0.296 e. The number of halogens is 6. The first kappa shape index (κ1) is 12.8. The molecular weight excluding hydrogens is 257 g/mol. The van der Waals surface area contributed by atoms with Crippen molar-refractivity contribution in [1.82, 2.24) is 4.98 Å². The topological polar surface area (TPSA) is 30.0 Å². The Morgan fingerprint density at radius 3 is 2.31 bits per heavy atom. The highest BCUT2D eigenvalue weighted by Gasteiger charge is 2.40. The summed E-state index contributed by atoms with van der Waals surface area (Å²) >= 11 is 5.16. The fourth-order valence-electron chi connectivity index (χ4n) is 1.12. The molecule has 8 heteroatoms. The predicted octanol–water partition coefficient (Wildman–Crippen LogP) is 3.50. The van der Waals surface area contributed by atoms with E-state index in [1.165, 1.54) is 0 Å². The molecule has 1 rings (SSSR count). The number of carbonyl (C=O) groups is 1. The highest BCUT2D eigenvalue weighted by Crippen LogP contribution is 2.41. The number of hydrogen-bond donors (Lipinski definition) is 0. The quantitative estimate of drug-likeness (QED) is 0.601. The Bertz CT molecular complexity index is 418.